The topological polar surface area (TPSA) is 80.3 Å². The lowest BCUT2D eigenvalue weighted by Crippen LogP contribution is -2.21. The highest BCUT2D eigenvalue weighted by Crippen LogP contribution is 2.31. The summed E-state index contributed by atoms with van der Waals surface area (Å²) in [5.41, 5.74) is 1.46. The van der Waals surface area contributed by atoms with Gasteiger partial charge in [0.05, 0.1) is 11.8 Å². The Balaban J connectivity index is 0.00000576. The quantitative estimate of drug-likeness (QED) is 0.0465. The first kappa shape index (κ1) is 36.4. The smallest absolute Gasteiger partial charge is 0.354 e. The molecule has 0 spiro atoms. The third kappa shape index (κ3) is 11.7. The molecule has 8 heteroatoms. The minimum Gasteiger partial charge on any atom is -0.457 e. The number of carbonyl (C=O) groups is 2. The molecule has 7 nitrogen and oxygen atoms in total. The maximum absolute atomic E-state index is 13.3. The number of hydrogen-bond donors (Lipinski definition) is 0. The maximum atomic E-state index is 13.3. The highest BCUT2D eigenvalue weighted by molar-refractivity contribution is 5.79. The van der Waals surface area contributed by atoms with Gasteiger partial charge in [0.1, 0.15) is 23.0 Å². The molecule has 242 valence electrons. The zero-order valence-electron chi connectivity index (χ0n) is 26.1. The summed E-state index contributed by atoms with van der Waals surface area (Å²) < 4.78 is 12.0. The van der Waals surface area contributed by atoms with Crippen LogP contribution in [0.1, 0.15) is 88.2 Å². The summed E-state index contributed by atoms with van der Waals surface area (Å²) in [6.45, 7) is 4.20. The third-order valence-electron chi connectivity index (χ3n) is 7.47. The van der Waals surface area contributed by atoms with E-state index in [1.807, 2.05) is 109 Å². The second-order valence-corrected chi connectivity index (χ2v) is 10.9. The number of carbonyl (C=O) groups excluding carboxylic acids is 2. The van der Waals surface area contributed by atoms with Gasteiger partial charge in [-0.3, -0.25) is 9.78 Å². The van der Waals surface area contributed by atoms with Gasteiger partial charge >= 0.3 is 11.9 Å². The molecule has 0 aliphatic heterocycles. The van der Waals surface area contributed by atoms with Gasteiger partial charge in [-0.1, -0.05) is 113 Å². The molecule has 0 amide bonds. The van der Waals surface area contributed by atoms with Gasteiger partial charge in [-0.15, -0.1) is 0 Å². The molecule has 0 bridgehead atoms. The van der Waals surface area contributed by atoms with Crippen LogP contribution in [0.25, 0.3) is 0 Å². The van der Waals surface area contributed by atoms with E-state index >= 15 is 0 Å². The van der Waals surface area contributed by atoms with Crippen LogP contribution in [-0.2, 0) is 24.4 Å². The van der Waals surface area contributed by atoms with E-state index in [-0.39, 0.29) is 17.4 Å². The van der Waals surface area contributed by atoms with E-state index in [4.69, 9.17) is 24.3 Å². The van der Waals surface area contributed by atoms with E-state index in [1.165, 1.54) is 0 Å². The van der Waals surface area contributed by atoms with E-state index in [0.29, 0.717) is 35.8 Å². The van der Waals surface area contributed by atoms with Crippen LogP contribution in [0.4, 0.5) is 0 Å². The Bertz CT molecular complexity index is 1350. The molecule has 2 unspecified atom stereocenters. The van der Waals surface area contributed by atoms with Crippen molar-refractivity contribution in [2.75, 3.05) is 0 Å². The lowest BCUT2D eigenvalue weighted by atomic mass is 9.93. The van der Waals surface area contributed by atoms with Crippen LogP contribution >= 0.6 is 0 Å². The van der Waals surface area contributed by atoms with Gasteiger partial charge in [-0.2, -0.15) is 0 Å². The first-order valence-electron chi connectivity index (χ1n) is 15.8. The normalized spacial score (nSPS) is 11.9. The Morgan fingerprint density at radius 3 is 1.30 bits per heavy atom. The molecule has 46 heavy (non-hydrogen) atoms. The Hall–Kier alpha value is -4.09. The molecular formula is C38H45AlO7. The zero-order chi connectivity index (χ0) is 31.7. The molecule has 0 aromatic heterocycles. The van der Waals surface area contributed by atoms with Crippen LogP contribution in [0.3, 0.4) is 0 Å². The molecule has 4 aromatic rings. The van der Waals surface area contributed by atoms with Gasteiger partial charge in [0, 0.05) is 5.04 Å². The second kappa shape index (κ2) is 20.1. The lowest BCUT2D eigenvalue weighted by molar-refractivity contribution is -0.460. The van der Waals surface area contributed by atoms with Gasteiger partial charge in [0.2, 0.25) is 0 Å². The number of unbranched alkanes of at least 4 members (excludes halogenated alkanes) is 4. The summed E-state index contributed by atoms with van der Waals surface area (Å²) in [6.07, 6.45) is 6.67. The largest absolute Gasteiger partial charge is 0.457 e. The Morgan fingerprint density at radius 2 is 0.913 bits per heavy atom. The van der Waals surface area contributed by atoms with Crippen LogP contribution in [-0.4, -0.2) is 29.3 Å². The van der Waals surface area contributed by atoms with Gasteiger partial charge in [0.15, 0.2) is 17.4 Å². The molecule has 0 saturated heterocycles. The maximum Gasteiger partial charge on any atom is 0.354 e. The fourth-order valence-corrected chi connectivity index (χ4v) is 5.08. The molecule has 0 radical (unpaired) electrons. The second-order valence-electron chi connectivity index (χ2n) is 10.9. The minimum absolute atomic E-state index is 0. The highest BCUT2D eigenvalue weighted by Gasteiger charge is 2.27. The number of para-hydroxylation sites is 2. The number of hydrogen-bond acceptors (Lipinski definition) is 7. The van der Waals surface area contributed by atoms with E-state index < -0.39 is 23.8 Å². The summed E-state index contributed by atoms with van der Waals surface area (Å²) in [6, 6.07) is 33.6. The summed E-state index contributed by atoms with van der Waals surface area (Å²) in [5, 5.41) is 4.86. The fourth-order valence-electron chi connectivity index (χ4n) is 5.08. The van der Waals surface area contributed by atoms with Gasteiger partial charge in [-0.25, -0.2) is 9.59 Å². The van der Waals surface area contributed by atoms with Crippen molar-refractivity contribution in [2.45, 2.75) is 77.0 Å². The zero-order valence-corrected chi connectivity index (χ0v) is 26.1. The van der Waals surface area contributed by atoms with Gasteiger partial charge in [0.25, 0.3) is 0 Å². The minimum atomic E-state index is -0.642. The molecule has 0 aliphatic carbocycles. The average Bonchev–Trinajstić information content (AvgIpc) is 3.06. The molecule has 2 atom stereocenters. The SMILES string of the molecule is CCCCCC(C(=O)OOOC(=O)C(CCCCC)c1cccc(Oc2ccccc2)c1)c1cccc(Oc2ccccc2)c1.[AlH3]. The standard InChI is InChI=1S/C38H42O7.Al.3H/c1-3-5-9-25-35(29-17-15-23-33(27-29)41-31-19-11-7-12-20-31)37(39)43-45-44-38(40)36(26-10-6-4-2)30-18-16-24-34(28-30)42-32-21-13-8-14-22-32;;;;/h7-8,11-24,27-28,35-36H,3-6,9-10,25-26H2,1-2H3;;;;. The summed E-state index contributed by atoms with van der Waals surface area (Å²) in [5.74, 6) is 0.0680. The molecule has 0 N–H and O–H groups in total. The predicted octanol–water partition coefficient (Wildman–Crippen LogP) is 9.05. The van der Waals surface area contributed by atoms with Crippen LogP contribution in [0, 0.1) is 0 Å². The Kier molecular flexibility index (Phi) is 15.9. The summed E-state index contributed by atoms with van der Waals surface area (Å²) >= 11 is 0. The average molecular weight is 641 g/mol. The predicted molar refractivity (Wildman–Crippen MR) is 183 cm³/mol. The highest BCUT2D eigenvalue weighted by atomic mass is 27.0. The van der Waals surface area contributed by atoms with Crippen molar-refractivity contribution in [1.82, 2.24) is 0 Å². The van der Waals surface area contributed by atoms with Crippen molar-refractivity contribution >= 4 is 29.3 Å². The molecule has 0 heterocycles. The van der Waals surface area contributed by atoms with Crippen molar-refractivity contribution in [3.63, 3.8) is 0 Å². The van der Waals surface area contributed by atoms with Crippen LogP contribution < -0.4 is 9.47 Å². The fraction of sp³-hybridized carbons (Fsp3) is 0.316. The summed E-state index contributed by atoms with van der Waals surface area (Å²) in [7, 11) is 0. The van der Waals surface area contributed by atoms with Crippen LogP contribution in [0.5, 0.6) is 23.0 Å². The first-order valence-corrected chi connectivity index (χ1v) is 15.8. The van der Waals surface area contributed by atoms with E-state index in [9.17, 15) is 9.59 Å². The van der Waals surface area contributed by atoms with E-state index in [0.717, 1.165) is 49.7 Å². The monoisotopic (exact) mass is 640 g/mol. The van der Waals surface area contributed by atoms with Gasteiger partial charge in [-0.05, 0) is 72.5 Å². The van der Waals surface area contributed by atoms with Crippen molar-refractivity contribution in [3.8, 4) is 23.0 Å². The van der Waals surface area contributed by atoms with Crippen molar-refractivity contribution < 1.29 is 33.9 Å². The molecule has 4 rings (SSSR count). The first-order chi connectivity index (χ1) is 22.1. The van der Waals surface area contributed by atoms with Crippen molar-refractivity contribution in [2.24, 2.45) is 0 Å². The number of benzene rings is 4. The number of rotatable bonds is 18. The summed E-state index contributed by atoms with van der Waals surface area (Å²) in [4.78, 5) is 36.7. The molecule has 0 aliphatic rings. The van der Waals surface area contributed by atoms with Gasteiger partial charge < -0.3 is 9.47 Å². The molecule has 4 aromatic carbocycles. The molecule has 0 saturated carbocycles. The third-order valence-corrected chi connectivity index (χ3v) is 7.47. The number of ether oxygens (including phenoxy) is 2. The van der Waals surface area contributed by atoms with Crippen molar-refractivity contribution in [1.29, 1.82) is 0 Å². The van der Waals surface area contributed by atoms with Crippen LogP contribution in [0.15, 0.2) is 109 Å². The Morgan fingerprint density at radius 1 is 0.522 bits per heavy atom. The van der Waals surface area contributed by atoms with Crippen LogP contribution in [0.2, 0.25) is 0 Å². The Labute approximate surface area is 282 Å². The molecular weight excluding hydrogens is 595 g/mol. The van der Waals surface area contributed by atoms with Crippen molar-refractivity contribution in [3.05, 3.63) is 120 Å². The van der Waals surface area contributed by atoms with E-state index in [1.54, 1.807) is 0 Å². The van der Waals surface area contributed by atoms with E-state index in [2.05, 4.69) is 13.8 Å². The molecule has 0 fully saturated rings. The lowest BCUT2D eigenvalue weighted by Gasteiger charge is -2.17.